The van der Waals surface area contributed by atoms with Crippen molar-refractivity contribution < 1.29 is 12.8 Å². The van der Waals surface area contributed by atoms with Crippen LogP contribution in [0.2, 0.25) is 0 Å². The average Bonchev–Trinajstić information content (AvgIpc) is 3.29. The molecule has 4 rings (SSSR count). The Morgan fingerprint density at radius 2 is 2.12 bits per heavy atom. The minimum absolute atomic E-state index is 0.275. The Morgan fingerprint density at radius 3 is 2.92 bits per heavy atom. The van der Waals surface area contributed by atoms with E-state index in [-0.39, 0.29) is 5.75 Å². The number of nitrogens with one attached hydrogen (secondary N) is 1. The third-order valence-electron chi connectivity index (χ3n) is 4.21. The number of aromatic nitrogens is 1. The largest absolute Gasteiger partial charge is 0.457 e. The Bertz CT molecular complexity index is 945. The molecule has 3 heterocycles. The van der Waals surface area contributed by atoms with Crippen molar-refractivity contribution in [2.75, 3.05) is 25.4 Å². The summed E-state index contributed by atoms with van der Waals surface area (Å²) >= 11 is 1.61. The summed E-state index contributed by atoms with van der Waals surface area (Å²) in [4.78, 5) is 4.59. The maximum Gasteiger partial charge on any atom is 0.214 e. The highest BCUT2D eigenvalue weighted by Gasteiger charge is 2.27. The summed E-state index contributed by atoms with van der Waals surface area (Å²) in [6, 6.07) is 11.9. The molecule has 8 heteroatoms. The number of furan rings is 1. The van der Waals surface area contributed by atoms with Crippen molar-refractivity contribution in [3.05, 3.63) is 42.2 Å². The number of benzene rings is 1. The van der Waals surface area contributed by atoms with Crippen molar-refractivity contribution in [1.82, 2.24) is 14.6 Å². The first-order valence-corrected chi connectivity index (χ1v) is 10.7. The fraction of sp³-hybridized carbons (Fsp3) is 0.353. The molecule has 0 spiro atoms. The first-order chi connectivity index (χ1) is 12.1. The van der Waals surface area contributed by atoms with Gasteiger partial charge in [0, 0.05) is 19.6 Å². The molecule has 1 saturated heterocycles. The molecule has 0 atom stereocenters. The second-order valence-electron chi connectivity index (χ2n) is 6.00. The number of fused-ring (bicyclic) bond motifs is 1. The Morgan fingerprint density at radius 1 is 1.24 bits per heavy atom. The van der Waals surface area contributed by atoms with E-state index in [4.69, 9.17) is 4.42 Å². The van der Waals surface area contributed by atoms with Gasteiger partial charge in [-0.1, -0.05) is 12.1 Å². The maximum absolute atomic E-state index is 11.7. The third kappa shape index (κ3) is 3.62. The molecule has 132 valence electrons. The number of rotatable bonds is 6. The lowest BCUT2D eigenvalue weighted by Gasteiger charge is -2.13. The maximum atomic E-state index is 11.7. The first-order valence-electron chi connectivity index (χ1n) is 8.25. The molecule has 0 bridgehead atoms. The highest BCUT2D eigenvalue weighted by atomic mass is 32.2. The van der Waals surface area contributed by atoms with Crippen molar-refractivity contribution in [2.45, 2.75) is 13.0 Å². The van der Waals surface area contributed by atoms with E-state index in [0.29, 0.717) is 26.2 Å². The molecular weight excluding hydrogens is 358 g/mol. The van der Waals surface area contributed by atoms with Gasteiger partial charge in [-0.05, 0) is 30.7 Å². The van der Waals surface area contributed by atoms with E-state index in [1.807, 2.05) is 36.4 Å². The highest BCUT2D eigenvalue weighted by Crippen LogP contribution is 2.31. The van der Waals surface area contributed by atoms with E-state index in [9.17, 15) is 8.42 Å². The van der Waals surface area contributed by atoms with Crippen LogP contribution in [0, 0.1) is 0 Å². The van der Waals surface area contributed by atoms with E-state index in [2.05, 4.69) is 10.3 Å². The van der Waals surface area contributed by atoms with Crippen molar-refractivity contribution in [1.29, 1.82) is 0 Å². The molecule has 1 aliphatic rings. The summed E-state index contributed by atoms with van der Waals surface area (Å²) in [5.74, 6) is 1.86. The van der Waals surface area contributed by atoms with Gasteiger partial charge in [-0.2, -0.15) is 0 Å². The van der Waals surface area contributed by atoms with Crippen LogP contribution in [0.4, 0.5) is 0 Å². The zero-order chi connectivity index (χ0) is 17.3. The lowest BCUT2D eigenvalue weighted by Crippen LogP contribution is -2.33. The minimum Gasteiger partial charge on any atom is -0.457 e. The molecule has 0 saturated carbocycles. The quantitative estimate of drug-likeness (QED) is 0.669. The van der Waals surface area contributed by atoms with Crippen LogP contribution in [0.5, 0.6) is 0 Å². The predicted molar refractivity (Wildman–Crippen MR) is 99.0 cm³/mol. The molecule has 0 radical (unpaired) electrons. The summed E-state index contributed by atoms with van der Waals surface area (Å²) in [6.07, 6.45) is 0.728. The second-order valence-corrected chi connectivity index (χ2v) is 9.12. The van der Waals surface area contributed by atoms with Crippen LogP contribution >= 0.6 is 11.3 Å². The number of sulfonamides is 1. The molecule has 0 amide bonds. The molecule has 1 N–H and O–H groups in total. The molecule has 1 aromatic carbocycles. The van der Waals surface area contributed by atoms with Gasteiger partial charge in [-0.25, -0.2) is 17.7 Å². The van der Waals surface area contributed by atoms with Crippen LogP contribution in [0.15, 0.2) is 40.8 Å². The summed E-state index contributed by atoms with van der Waals surface area (Å²) < 4.78 is 32.0. The summed E-state index contributed by atoms with van der Waals surface area (Å²) in [6.45, 7) is 2.31. The van der Waals surface area contributed by atoms with Gasteiger partial charge in [0.1, 0.15) is 5.76 Å². The van der Waals surface area contributed by atoms with Gasteiger partial charge in [0.2, 0.25) is 10.0 Å². The van der Waals surface area contributed by atoms with Crippen molar-refractivity contribution >= 4 is 31.6 Å². The fourth-order valence-corrected chi connectivity index (χ4v) is 5.38. The number of thiazole rings is 1. The topological polar surface area (TPSA) is 75.4 Å². The van der Waals surface area contributed by atoms with Crippen molar-refractivity contribution in [3.63, 3.8) is 0 Å². The van der Waals surface area contributed by atoms with E-state index in [1.165, 1.54) is 0 Å². The predicted octanol–water partition coefficient (Wildman–Crippen LogP) is 2.68. The van der Waals surface area contributed by atoms with Gasteiger partial charge in [0.25, 0.3) is 0 Å². The lowest BCUT2D eigenvalue weighted by atomic mass is 10.3. The Labute approximate surface area is 150 Å². The summed E-state index contributed by atoms with van der Waals surface area (Å²) in [5, 5.41) is 4.11. The second kappa shape index (κ2) is 6.87. The molecule has 0 unspecified atom stereocenters. The fourth-order valence-electron chi connectivity index (χ4n) is 2.92. The third-order valence-corrected chi connectivity index (χ3v) is 7.21. The van der Waals surface area contributed by atoms with E-state index in [1.54, 1.807) is 15.6 Å². The number of hydrogen-bond donors (Lipinski definition) is 1. The summed E-state index contributed by atoms with van der Waals surface area (Å²) in [5.41, 5.74) is 0.977. The number of para-hydroxylation sites is 1. The van der Waals surface area contributed by atoms with Crippen LogP contribution in [-0.4, -0.2) is 43.1 Å². The van der Waals surface area contributed by atoms with E-state index < -0.39 is 10.0 Å². The van der Waals surface area contributed by atoms with E-state index in [0.717, 1.165) is 33.2 Å². The Balaban J connectivity index is 1.34. The van der Waals surface area contributed by atoms with Gasteiger partial charge in [-0.15, -0.1) is 11.3 Å². The Kier molecular flexibility index (Phi) is 4.60. The van der Waals surface area contributed by atoms with Gasteiger partial charge < -0.3 is 9.73 Å². The monoisotopic (exact) mass is 377 g/mol. The molecular formula is C17H19N3O3S2. The molecule has 6 nitrogen and oxygen atoms in total. The zero-order valence-corrected chi connectivity index (χ0v) is 15.3. The number of nitrogens with zero attached hydrogens (tertiary/aromatic N) is 2. The standard InChI is InChI=1S/C17H19N3O3S2/c21-25(22)11-3-9-20(25)10-8-18-12-13-6-7-15(23-13)17-19-14-4-1-2-5-16(14)24-17/h1-2,4-7,18H,3,8-12H2. The van der Waals surface area contributed by atoms with Crippen molar-refractivity contribution in [3.8, 4) is 10.8 Å². The molecule has 1 fully saturated rings. The highest BCUT2D eigenvalue weighted by molar-refractivity contribution is 7.89. The minimum atomic E-state index is -3.01. The average molecular weight is 377 g/mol. The summed E-state index contributed by atoms with van der Waals surface area (Å²) in [7, 11) is -3.01. The van der Waals surface area contributed by atoms with Crippen LogP contribution in [0.25, 0.3) is 21.0 Å². The lowest BCUT2D eigenvalue weighted by molar-refractivity contribution is 0.424. The van der Waals surface area contributed by atoms with Gasteiger partial charge in [0.15, 0.2) is 10.8 Å². The molecule has 0 aliphatic carbocycles. The molecule has 2 aromatic heterocycles. The zero-order valence-electron chi connectivity index (χ0n) is 13.6. The van der Waals surface area contributed by atoms with Gasteiger partial charge in [0.05, 0.1) is 22.5 Å². The normalized spacial score (nSPS) is 17.4. The van der Waals surface area contributed by atoms with Crippen LogP contribution in [0.1, 0.15) is 12.2 Å². The molecule has 3 aromatic rings. The van der Waals surface area contributed by atoms with Gasteiger partial charge in [-0.3, -0.25) is 0 Å². The number of hydrogen-bond acceptors (Lipinski definition) is 6. The molecule has 1 aliphatic heterocycles. The van der Waals surface area contributed by atoms with E-state index >= 15 is 0 Å². The molecule has 25 heavy (non-hydrogen) atoms. The first kappa shape index (κ1) is 16.7. The Hall–Kier alpha value is -1.74. The SMILES string of the molecule is O=S1(=O)CCCN1CCNCc1ccc(-c2nc3ccccc3s2)o1. The van der Waals surface area contributed by atoms with Crippen LogP contribution < -0.4 is 5.32 Å². The van der Waals surface area contributed by atoms with Crippen LogP contribution in [0.3, 0.4) is 0 Å². The smallest absolute Gasteiger partial charge is 0.214 e. The van der Waals surface area contributed by atoms with Crippen molar-refractivity contribution in [2.24, 2.45) is 0 Å². The van der Waals surface area contributed by atoms with Crippen LogP contribution in [-0.2, 0) is 16.6 Å². The van der Waals surface area contributed by atoms with Gasteiger partial charge >= 0.3 is 0 Å².